The van der Waals surface area contributed by atoms with E-state index in [1.807, 2.05) is 69.4 Å². The van der Waals surface area contributed by atoms with Crippen LogP contribution in [0.15, 0.2) is 48.7 Å². The topological polar surface area (TPSA) is 88.0 Å². The second kappa shape index (κ2) is 12.0. The Bertz CT molecular complexity index is 1410. The van der Waals surface area contributed by atoms with E-state index in [4.69, 9.17) is 9.72 Å². The van der Waals surface area contributed by atoms with Crippen molar-refractivity contribution in [2.75, 3.05) is 26.2 Å². The van der Waals surface area contributed by atoms with E-state index in [1.165, 1.54) is 0 Å². The molecule has 0 unspecified atom stereocenters. The van der Waals surface area contributed by atoms with Crippen LogP contribution in [-0.4, -0.2) is 58.1 Å². The largest absolute Gasteiger partial charge is 0.444 e. The number of hydrogen-bond donors (Lipinski definition) is 2. The summed E-state index contributed by atoms with van der Waals surface area (Å²) in [7, 11) is 0. The van der Waals surface area contributed by atoms with Gasteiger partial charge in [-0.2, -0.15) is 0 Å². The van der Waals surface area contributed by atoms with Gasteiger partial charge >= 0.3 is 6.09 Å². The maximum absolute atomic E-state index is 12.7. The molecule has 0 aliphatic heterocycles. The van der Waals surface area contributed by atoms with Crippen LogP contribution in [-0.2, 0) is 11.3 Å². The van der Waals surface area contributed by atoms with Crippen LogP contribution < -0.4 is 10.6 Å². The van der Waals surface area contributed by atoms with Crippen molar-refractivity contribution in [1.29, 1.82) is 0 Å². The van der Waals surface area contributed by atoms with Crippen molar-refractivity contribution >= 4 is 38.5 Å². The molecule has 2 aromatic carbocycles. The molecule has 38 heavy (non-hydrogen) atoms. The van der Waals surface area contributed by atoms with Gasteiger partial charge in [0.2, 0.25) is 0 Å². The Labute approximate surface area is 228 Å². The van der Waals surface area contributed by atoms with Gasteiger partial charge in [0.1, 0.15) is 5.60 Å². The zero-order valence-electron chi connectivity index (χ0n) is 22.8. The van der Waals surface area contributed by atoms with Crippen LogP contribution in [0.4, 0.5) is 4.79 Å². The summed E-state index contributed by atoms with van der Waals surface area (Å²) >= 11 is 1.56. The van der Waals surface area contributed by atoms with Crippen molar-refractivity contribution in [2.24, 2.45) is 0 Å². The van der Waals surface area contributed by atoms with Gasteiger partial charge in [0.15, 0.2) is 4.96 Å². The Hall–Kier alpha value is -3.43. The molecule has 4 aromatic rings. The smallest absolute Gasteiger partial charge is 0.407 e. The minimum absolute atomic E-state index is 0.0463. The molecule has 8 nitrogen and oxygen atoms in total. The number of thiazole rings is 1. The first kappa shape index (κ1) is 27.6. The zero-order chi connectivity index (χ0) is 27.3. The summed E-state index contributed by atoms with van der Waals surface area (Å²) in [5.74, 6) is -0.0463. The number of amides is 2. The van der Waals surface area contributed by atoms with Crippen molar-refractivity contribution in [1.82, 2.24) is 24.9 Å². The van der Waals surface area contributed by atoms with E-state index >= 15 is 0 Å². The molecule has 2 heterocycles. The first-order chi connectivity index (χ1) is 18.2. The SMILES string of the molecule is CCN(CC)CCCNC(=O)c1ccc2c(c1)sc1nc(-c3cccc(CNC(=O)OC(C)(C)C)c3)cn12. The third kappa shape index (κ3) is 6.90. The zero-order valence-corrected chi connectivity index (χ0v) is 23.7. The molecule has 9 heteroatoms. The van der Waals surface area contributed by atoms with Gasteiger partial charge in [-0.3, -0.25) is 9.20 Å². The molecule has 0 aliphatic rings. The van der Waals surface area contributed by atoms with Crippen LogP contribution in [0.1, 0.15) is 57.0 Å². The van der Waals surface area contributed by atoms with Gasteiger partial charge in [-0.15, -0.1) is 0 Å². The molecule has 2 aromatic heterocycles. The molecule has 4 rings (SSSR count). The molecule has 2 N–H and O–H groups in total. The van der Waals surface area contributed by atoms with E-state index in [9.17, 15) is 9.59 Å². The average molecular weight is 536 g/mol. The second-order valence-corrected chi connectivity index (χ2v) is 11.3. The highest BCUT2D eigenvalue weighted by Crippen LogP contribution is 2.30. The Kier molecular flexibility index (Phi) is 8.69. The molecular weight excluding hydrogens is 498 g/mol. The maximum Gasteiger partial charge on any atom is 0.407 e. The monoisotopic (exact) mass is 535 g/mol. The standard InChI is InChI=1S/C29H37N5O3S/c1-6-33(7-2)15-9-14-30-26(35)22-12-13-24-25(17-22)38-27-32-23(19-34(24)27)21-11-8-10-20(16-21)18-31-28(36)37-29(3,4)5/h8,10-13,16-17,19H,6-7,9,14-15,18H2,1-5H3,(H,30,35)(H,31,36). The summed E-state index contributed by atoms with van der Waals surface area (Å²) in [6.07, 6.45) is 2.51. The van der Waals surface area contributed by atoms with Gasteiger partial charge in [0, 0.05) is 30.4 Å². The minimum atomic E-state index is -0.535. The van der Waals surface area contributed by atoms with E-state index in [0.29, 0.717) is 18.7 Å². The summed E-state index contributed by atoms with van der Waals surface area (Å²) < 4.78 is 8.40. The molecule has 0 fully saturated rings. The fraction of sp³-hybridized carbons (Fsp3) is 0.414. The molecule has 0 saturated heterocycles. The predicted molar refractivity (Wildman–Crippen MR) is 154 cm³/mol. The Morgan fingerprint density at radius 1 is 1.08 bits per heavy atom. The number of hydrogen-bond acceptors (Lipinski definition) is 6. The van der Waals surface area contributed by atoms with Gasteiger partial charge in [-0.1, -0.05) is 43.4 Å². The lowest BCUT2D eigenvalue weighted by Crippen LogP contribution is -2.32. The van der Waals surface area contributed by atoms with E-state index in [-0.39, 0.29) is 5.91 Å². The van der Waals surface area contributed by atoms with Crippen LogP contribution >= 0.6 is 11.3 Å². The quantitative estimate of drug-likeness (QED) is 0.254. The summed E-state index contributed by atoms with van der Waals surface area (Å²) in [5, 5.41) is 5.84. The number of fused-ring (bicyclic) bond motifs is 3. The number of ether oxygens (including phenoxy) is 1. The number of nitrogens with zero attached hydrogens (tertiary/aromatic N) is 3. The van der Waals surface area contributed by atoms with Crippen LogP contribution in [0.2, 0.25) is 0 Å². The molecule has 0 bridgehead atoms. The molecular formula is C29H37N5O3S. The number of nitrogens with one attached hydrogen (secondary N) is 2. The number of benzene rings is 2. The van der Waals surface area contributed by atoms with E-state index < -0.39 is 11.7 Å². The van der Waals surface area contributed by atoms with Crippen molar-refractivity contribution < 1.29 is 14.3 Å². The highest BCUT2D eigenvalue weighted by Gasteiger charge is 2.16. The number of carbonyl (C=O) groups is 2. The third-order valence-electron chi connectivity index (χ3n) is 6.25. The highest BCUT2D eigenvalue weighted by molar-refractivity contribution is 7.23. The molecule has 0 radical (unpaired) electrons. The second-order valence-electron chi connectivity index (χ2n) is 10.3. The van der Waals surface area contributed by atoms with Crippen LogP contribution in [0, 0.1) is 0 Å². The highest BCUT2D eigenvalue weighted by atomic mass is 32.1. The Balaban J connectivity index is 1.43. The molecule has 0 saturated carbocycles. The minimum Gasteiger partial charge on any atom is -0.444 e. The summed E-state index contributed by atoms with van der Waals surface area (Å²) in [5.41, 5.74) is 3.93. The molecule has 0 atom stereocenters. The van der Waals surface area contributed by atoms with E-state index in [0.717, 1.165) is 58.1 Å². The number of alkyl carbamates (subject to hydrolysis) is 1. The lowest BCUT2D eigenvalue weighted by atomic mass is 10.1. The average Bonchev–Trinajstić information content (AvgIpc) is 3.44. The summed E-state index contributed by atoms with van der Waals surface area (Å²) in [4.78, 5) is 32.7. The van der Waals surface area contributed by atoms with Crippen molar-refractivity contribution in [2.45, 2.75) is 53.2 Å². The van der Waals surface area contributed by atoms with Crippen molar-refractivity contribution in [3.63, 3.8) is 0 Å². The van der Waals surface area contributed by atoms with Crippen LogP contribution in [0.5, 0.6) is 0 Å². The fourth-order valence-electron chi connectivity index (χ4n) is 4.26. The van der Waals surface area contributed by atoms with Gasteiger partial charge < -0.3 is 20.3 Å². The normalized spacial score (nSPS) is 11.8. The first-order valence-corrected chi connectivity index (χ1v) is 14.0. The predicted octanol–water partition coefficient (Wildman–Crippen LogP) is 5.70. The van der Waals surface area contributed by atoms with Gasteiger partial charge in [-0.05, 0) is 76.7 Å². The number of imidazole rings is 1. The maximum atomic E-state index is 12.7. The summed E-state index contributed by atoms with van der Waals surface area (Å²) in [6.45, 7) is 13.9. The van der Waals surface area contributed by atoms with Crippen LogP contribution in [0.25, 0.3) is 26.4 Å². The molecule has 2 amide bonds. The molecule has 202 valence electrons. The lowest BCUT2D eigenvalue weighted by Gasteiger charge is -2.19. The van der Waals surface area contributed by atoms with E-state index in [1.54, 1.807) is 11.3 Å². The Morgan fingerprint density at radius 3 is 2.61 bits per heavy atom. The van der Waals surface area contributed by atoms with Crippen molar-refractivity contribution in [3.05, 3.63) is 59.8 Å². The molecule has 0 aliphatic carbocycles. The number of rotatable bonds is 10. The van der Waals surface area contributed by atoms with Crippen molar-refractivity contribution in [3.8, 4) is 11.3 Å². The number of aromatic nitrogens is 2. The van der Waals surface area contributed by atoms with Gasteiger partial charge in [-0.25, -0.2) is 9.78 Å². The Morgan fingerprint density at radius 2 is 1.87 bits per heavy atom. The van der Waals surface area contributed by atoms with E-state index in [2.05, 4.69) is 33.8 Å². The number of carbonyl (C=O) groups excluding carboxylic acids is 2. The summed E-state index contributed by atoms with van der Waals surface area (Å²) in [6, 6.07) is 13.7. The fourth-order valence-corrected chi connectivity index (χ4v) is 5.30. The first-order valence-electron chi connectivity index (χ1n) is 13.1. The third-order valence-corrected chi connectivity index (χ3v) is 7.26. The van der Waals surface area contributed by atoms with Crippen LogP contribution in [0.3, 0.4) is 0 Å². The van der Waals surface area contributed by atoms with Gasteiger partial charge in [0.25, 0.3) is 5.91 Å². The van der Waals surface area contributed by atoms with Gasteiger partial charge in [0.05, 0.1) is 15.9 Å². The lowest BCUT2D eigenvalue weighted by molar-refractivity contribution is 0.0523. The molecule has 0 spiro atoms.